The van der Waals surface area contributed by atoms with E-state index in [0.29, 0.717) is 24.8 Å². The van der Waals surface area contributed by atoms with Gasteiger partial charge in [-0.1, -0.05) is 38.1 Å². The van der Waals surface area contributed by atoms with Gasteiger partial charge in [0.05, 0.1) is 0 Å². The van der Waals surface area contributed by atoms with E-state index >= 15 is 0 Å². The monoisotopic (exact) mass is 391 g/mol. The van der Waals surface area contributed by atoms with Gasteiger partial charge >= 0.3 is 0 Å². The number of nitrogens with one attached hydrogen (secondary N) is 1. The summed E-state index contributed by atoms with van der Waals surface area (Å²) in [7, 11) is 0. The summed E-state index contributed by atoms with van der Waals surface area (Å²) in [6.45, 7) is 8.25. The molecule has 3 heterocycles. The van der Waals surface area contributed by atoms with Crippen LogP contribution in [0.5, 0.6) is 0 Å². The first-order valence-corrected chi connectivity index (χ1v) is 9.95. The number of carbonyl (C=O) groups is 2. The summed E-state index contributed by atoms with van der Waals surface area (Å²) in [6.07, 6.45) is 1.44. The highest BCUT2D eigenvalue weighted by molar-refractivity contribution is 5.89. The van der Waals surface area contributed by atoms with Crippen molar-refractivity contribution >= 4 is 24.2 Å². The van der Waals surface area contributed by atoms with E-state index in [1.165, 1.54) is 11.1 Å². The second-order valence-electron chi connectivity index (χ2n) is 8.19. The molecule has 2 fully saturated rings. The van der Waals surface area contributed by atoms with Crippen LogP contribution in [0.2, 0.25) is 0 Å². The highest BCUT2D eigenvalue weighted by Crippen LogP contribution is 2.31. The number of carbonyl (C=O) groups excluding carboxylic acids is 2. The largest absolute Gasteiger partial charge is 0.340 e. The van der Waals surface area contributed by atoms with Gasteiger partial charge in [-0.25, -0.2) is 0 Å². The molecule has 4 atom stereocenters. The van der Waals surface area contributed by atoms with Crippen molar-refractivity contribution < 1.29 is 9.59 Å². The number of likely N-dealkylation sites (tertiary alicyclic amines) is 1. The number of hydrogen-bond acceptors (Lipinski definition) is 3. The third-order valence-electron chi connectivity index (χ3n) is 6.55. The molecule has 0 radical (unpaired) electrons. The molecule has 3 aliphatic rings. The van der Waals surface area contributed by atoms with E-state index in [4.69, 9.17) is 0 Å². The fraction of sp³-hybridized carbons (Fsp3) is 0.619. The Morgan fingerprint density at radius 1 is 1.15 bits per heavy atom. The molecule has 3 aliphatic heterocycles. The van der Waals surface area contributed by atoms with E-state index in [0.717, 1.165) is 32.6 Å². The van der Waals surface area contributed by atoms with E-state index in [-0.39, 0.29) is 36.2 Å². The Morgan fingerprint density at radius 3 is 2.41 bits per heavy atom. The Labute approximate surface area is 167 Å². The van der Waals surface area contributed by atoms with E-state index in [1.54, 1.807) is 0 Å². The molecule has 2 saturated heterocycles. The fourth-order valence-electron chi connectivity index (χ4n) is 4.68. The van der Waals surface area contributed by atoms with Crippen LogP contribution in [0.15, 0.2) is 24.3 Å². The lowest BCUT2D eigenvalue weighted by atomic mass is 9.91. The second-order valence-corrected chi connectivity index (χ2v) is 8.19. The molecule has 27 heavy (non-hydrogen) atoms. The molecular weight excluding hydrogens is 362 g/mol. The summed E-state index contributed by atoms with van der Waals surface area (Å²) in [5, 5.41) is 3.42. The van der Waals surface area contributed by atoms with Crippen molar-refractivity contribution in [3.8, 4) is 0 Å². The summed E-state index contributed by atoms with van der Waals surface area (Å²) >= 11 is 0. The highest BCUT2D eigenvalue weighted by Gasteiger charge is 2.43. The van der Waals surface area contributed by atoms with Gasteiger partial charge in [-0.15, -0.1) is 12.4 Å². The van der Waals surface area contributed by atoms with Crippen LogP contribution in [0, 0.1) is 17.8 Å². The molecular formula is C21H30ClN3O2. The molecule has 2 unspecified atom stereocenters. The zero-order chi connectivity index (χ0) is 18.3. The van der Waals surface area contributed by atoms with Gasteiger partial charge in [0.15, 0.2) is 0 Å². The van der Waals surface area contributed by atoms with Crippen molar-refractivity contribution in [3.05, 3.63) is 35.4 Å². The van der Waals surface area contributed by atoms with Gasteiger partial charge in [0, 0.05) is 45.1 Å². The lowest BCUT2D eigenvalue weighted by molar-refractivity contribution is -0.148. The van der Waals surface area contributed by atoms with Crippen LogP contribution in [-0.4, -0.2) is 53.8 Å². The molecule has 6 heteroatoms. The Bertz CT molecular complexity index is 698. The summed E-state index contributed by atoms with van der Waals surface area (Å²) in [4.78, 5) is 30.3. The minimum atomic E-state index is -0.349. The molecule has 148 valence electrons. The van der Waals surface area contributed by atoms with Crippen molar-refractivity contribution in [1.29, 1.82) is 0 Å². The number of rotatable bonds is 3. The first-order valence-electron chi connectivity index (χ1n) is 9.95. The van der Waals surface area contributed by atoms with Crippen molar-refractivity contribution in [2.24, 2.45) is 17.8 Å². The van der Waals surface area contributed by atoms with Gasteiger partial charge in [-0.05, 0) is 29.4 Å². The van der Waals surface area contributed by atoms with Gasteiger partial charge in [0.1, 0.15) is 6.04 Å². The average molecular weight is 392 g/mol. The van der Waals surface area contributed by atoms with Gasteiger partial charge in [0.25, 0.3) is 0 Å². The predicted octanol–water partition coefficient (Wildman–Crippen LogP) is 2.09. The normalized spacial score (nSPS) is 27.6. The van der Waals surface area contributed by atoms with E-state index in [9.17, 15) is 9.59 Å². The standard InChI is InChI=1S/C21H29N3O2.ClH/c1-3-14(2)20(25)24-13-16-7-5-4-6-15(16)8-19(24)21(26)23-11-17-9-22-10-18(17)12-23;/h4-7,14,17-19,22H,3,8-13H2,1-2H3;1H/t14?,17-,18+,19?;. The molecule has 0 bridgehead atoms. The zero-order valence-corrected chi connectivity index (χ0v) is 17.0. The molecule has 0 saturated carbocycles. The highest BCUT2D eigenvalue weighted by atomic mass is 35.5. The topological polar surface area (TPSA) is 52.7 Å². The van der Waals surface area contributed by atoms with Gasteiger partial charge in [-0.3, -0.25) is 9.59 Å². The maximum atomic E-state index is 13.4. The molecule has 1 N–H and O–H groups in total. The van der Waals surface area contributed by atoms with Crippen molar-refractivity contribution in [2.75, 3.05) is 26.2 Å². The summed E-state index contributed by atoms with van der Waals surface area (Å²) < 4.78 is 0. The van der Waals surface area contributed by atoms with Gasteiger partial charge in [-0.2, -0.15) is 0 Å². The molecule has 2 amide bonds. The molecule has 0 spiro atoms. The number of amides is 2. The minimum absolute atomic E-state index is 0. The maximum Gasteiger partial charge on any atom is 0.245 e. The van der Waals surface area contributed by atoms with Crippen molar-refractivity contribution in [1.82, 2.24) is 15.1 Å². The third-order valence-corrected chi connectivity index (χ3v) is 6.55. The third kappa shape index (κ3) is 3.72. The average Bonchev–Trinajstić information content (AvgIpc) is 3.27. The van der Waals surface area contributed by atoms with Crippen LogP contribution in [0.1, 0.15) is 31.4 Å². The SMILES string of the molecule is CCC(C)C(=O)N1Cc2ccccc2CC1C(=O)N1C[C@H]2CNC[C@H]2C1.Cl. The van der Waals surface area contributed by atoms with Crippen LogP contribution in [0.25, 0.3) is 0 Å². The minimum Gasteiger partial charge on any atom is -0.340 e. The predicted molar refractivity (Wildman–Crippen MR) is 108 cm³/mol. The summed E-state index contributed by atoms with van der Waals surface area (Å²) in [5.74, 6) is 1.37. The second kappa shape index (κ2) is 8.19. The van der Waals surface area contributed by atoms with Crippen molar-refractivity contribution in [3.63, 3.8) is 0 Å². The number of nitrogens with zero attached hydrogens (tertiary/aromatic N) is 2. The fourth-order valence-corrected chi connectivity index (χ4v) is 4.68. The van der Waals surface area contributed by atoms with Crippen LogP contribution < -0.4 is 5.32 Å². The molecule has 0 aliphatic carbocycles. The Balaban J connectivity index is 0.00000210. The molecule has 0 aromatic heterocycles. The van der Waals surface area contributed by atoms with Gasteiger partial charge < -0.3 is 15.1 Å². The number of halogens is 1. The first-order chi connectivity index (χ1) is 12.6. The smallest absolute Gasteiger partial charge is 0.245 e. The maximum absolute atomic E-state index is 13.4. The summed E-state index contributed by atoms with van der Waals surface area (Å²) in [6, 6.07) is 7.88. The Hall–Kier alpha value is -1.59. The molecule has 1 aromatic rings. The molecule has 4 rings (SSSR count). The number of benzene rings is 1. The van der Waals surface area contributed by atoms with E-state index in [2.05, 4.69) is 17.4 Å². The van der Waals surface area contributed by atoms with E-state index in [1.807, 2.05) is 35.8 Å². The summed E-state index contributed by atoms with van der Waals surface area (Å²) in [5.41, 5.74) is 2.39. The van der Waals surface area contributed by atoms with Gasteiger partial charge in [0.2, 0.25) is 11.8 Å². The lowest BCUT2D eigenvalue weighted by Gasteiger charge is -2.39. The number of fused-ring (bicyclic) bond motifs is 2. The molecule has 1 aromatic carbocycles. The molecule has 5 nitrogen and oxygen atoms in total. The Kier molecular flexibility index (Phi) is 6.11. The van der Waals surface area contributed by atoms with E-state index < -0.39 is 0 Å². The lowest BCUT2D eigenvalue weighted by Crippen LogP contribution is -2.54. The van der Waals surface area contributed by atoms with Crippen LogP contribution >= 0.6 is 12.4 Å². The van der Waals surface area contributed by atoms with Crippen LogP contribution in [-0.2, 0) is 22.6 Å². The van der Waals surface area contributed by atoms with Crippen LogP contribution in [0.4, 0.5) is 0 Å². The Morgan fingerprint density at radius 2 is 1.78 bits per heavy atom. The zero-order valence-electron chi connectivity index (χ0n) is 16.2. The first kappa shape index (κ1) is 20.2. The van der Waals surface area contributed by atoms with Crippen molar-refractivity contribution in [2.45, 2.75) is 39.3 Å². The quantitative estimate of drug-likeness (QED) is 0.858. The van der Waals surface area contributed by atoms with Crippen LogP contribution in [0.3, 0.4) is 0 Å². The number of hydrogen-bond donors (Lipinski definition) is 1.